The third kappa shape index (κ3) is 5.53. The monoisotopic (exact) mass is 540 g/mol. The Balaban J connectivity index is 1.73. The molecule has 0 N–H and O–H groups in total. The standard InChI is InChI=1S/C22H24N2O8S3/c1-29-16-5-4-15(20(12-16)30-2)14-24(22-23-9-11-33-22)35(27,28)17-6-7-18-19(32-34(3,25)26)8-10-31-21(18)13-17/h4-7,9,11-13,19H,8,10,14H2,1-3H3. The Kier molecular flexibility index (Phi) is 7.22. The van der Waals surface area contributed by atoms with Gasteiger partial charge in [0, 0.05) is 41.3 Å². The van der Waals surface area contributed by atoms with Crippen LogP contribution in [0.3, 0.4) is 0 Å². The number of fused-ring (bicyclic) bond motifs is 1. The molecule has 188 valence electrons. The topological polar surface area (TPSA) is 121 Å². The van der Waals surface area contributed by atoms with Gasteiger partial charge in [-0.25, -0.2) is 17.7 Å². The number of methoxy groups -OCH3 is 2. The zero-order valence-corrected chi connectivity index (χ0v) is 21.7. The molecule has 2 aromatic carbocycles. The van der Waals surface area contributed by atoms with E-state index in [1.807, 2.05) is 0 Å². The van der Waals surface area contributed by atoms with Gasteiger partial charge in [0.15, 0.2) is 5.13 Å². The number of thiazole rings is 1. The first-order chi connectivity index (χ1) is 16.6. The van der Waals surface area contributed by atoms with Crippen molar-refractivity contribution in [3.8, 4) is 17.2 Å². The number of ether oxygens (including phenoxy) is 3. The Morgan fingerprint density at radius 2 is 1.91 bits per heavy atom. The second-order valence-electron chi connectivity index (χ2n) is 7.63. The average Bonchev–Trinajstić information content (AvgIpc) is 3.35. The maximum absolute atomic E-state index is 13.8. The molecule has 0 bridgehead atoms. The van der Waals surface area contributed by atoms with Crippen molar-refractivity contribution in [2.45, 2.75) is 24.0 Å². The quantitative estimate of drug-likeness (QED) is 0.376. The summed E-state index contributed by atoms with van der Waals surface area (Å²) in [6, 6.07) is 9.44. The number of anilines is 1. The fourth-order valence-corrected chi connectivity index (χ4v) is 6.57. The Hall–Kier alpha value is -2.87. The summed E-state index contributed by atoms with van der Waals surface area (Å²) in [4.78, 5) is 4.19. The van der Waals surface area contributed by atoms with Crippen LogP contribution in [0.1, 0.15) is 23.7 Å². The fraction of sp³-hybridized carbons (Fsp3) is 0.318. The Bertz CT molecular complexity index is 1410. The molecule has 0 radical (unpaired) electrons. The molecule has 1 atom stereocenters. The van der Waals surface area contributed by atoms with Crippen LogP contribution < -0.4 is 18.5 Å². The molecule has 0 saturated heterocycles. The van der Waals surface area contributed by atoms with Gasteiger partial charge in [0.05, 0.1) is 38.5 Å². The summed E-state index contributed by atoms with van der Waals surface area (Å²) in [5.74, 6) is 1.30. The predicted octanol–water partition coefficient (Wildman–Crippen LogP) is 3.36. The van der Waals surface area contributed by atoms with E-state index in [9.17, 15) is 16.8 Å². The summed E-state index contributed by atoms with van der Waals surface area (Å²) in [6.07, 6.45) is 2.08. The molecule has 1 aromatic heterocycles. The average molecular weight is 541 g/mol. The summed E-state index contributed by atoms with van der Waals surface area (Å²) in [5, 5.41) is 1.96. The van der Waals surface area contributed by atoms with Crippen molar-refractivity contribution in [2.24, 2.45) is 0 Å². The summed E-state index contributed by atoms with van der Waals surface area (Å²) in [6.45, 7) is 0.150. The van der Waals surface area contributed by atoms with Crippen LogP contribution in [0.2, 0.25) is 0 Å². The second-order valence-corrected chi connectivity index (χ2v) is 12.0. The molecule has 0 fully saturated rings. The van der Waals surface area contributed by atoms with Crippen LogP contribution in [0.15, 0.2) is 52.9 Å². The van der Waals surface area contributed by atoms with Crippen molar-refractivity contribution in [1.82, 2.24) is 4.98 Å². The highest BCUT2D eigenvalue weighted by molar-refractivity contribution is 7.93. The van der Waals surface area contributed by atoms with Crippen LogP contribution in [0.25, 0.3) is 0 Å². The third-order valence-electron chi connectivity index (χ3n) is 5.29. The van der Waals surface area contributed by atoms with Gasteiger partial charge in [-0.3, -0.25) is 4.18 Å². The smallest absolute Gasteiger partial charge is 0.266 e. The van der Waals surface area contributed by atoms with E-state index in [4.69, 9.17) is 18.4 Å². The second kappa shape index (κ2) is 10.0. The number of aromatic nitrogens is 1. The van der Waals surface area contributed by atoms with E-state index in [1.165, 1.54) is 54.3 Å². The zero-order chi connectivity index (χ0) is 25.2. The molecule has 2 heterocycles. The van der Waals surface area contributed by atoms with Gasteiger partial charge in [-0.15, -0.1) is 11.3 Å². The molecule has 3 aromatic rings. The summed E-state index contributed by atoms with van der Waals surface area (Å²) < 4.78 is 73.5. The SMILES string of the molecule is COc1ccc(CN(c2nccs2)S(=O)(=O)c2ccc3c(c2)OCCC3OS(C)(=O)=O)c(OC)c1. The first-order valence-corrected chi connectivity index (χ1v) is 14.5. The van der Waals surface area contributed by atoms with Crippen molar-refractivity contribution in [1.29, 1.82) is 0 Å². The maximum atomic E-state index is 13.8. The van der Waals surface area contributed by atoms with Crippen molar-refractivity contribution in [3.63, 3.8) is 0 Å². The molecule has 10 nitrogen and oxygen atoms in total. The molecule has 0 saturated carbocycles. The lowest BCUT2D eigenvalue weighted by Crippen LogP contribution is -2.31. The van der Waals surface area contributed by atoms with Gasteiger partial charge in [-0.2, -0.15) is 8.42 Å². The highest BCUT2D eigenvalue weighted by Gasteiger charge is 2.32. The Morgan fingerprint density at radius 1 is 1.11 bits per heavy atom. The van der Waals surface area contributed by atoms with Gasteiger partial charge in [0.2, 0.25) is 0 Å². The molecule has 0 aliphatic carbocycles. The largest absolute Gasteiger partial charge is 0.497 e. The minimum atomic E-state index is -4.09. The molecule has 4 rings (SSSR count). The summed E-state index contributed by atoms with van der Waals surface area (Å²) in [7, 11) is -4.77. The van der Waals surface area contributed by atoms with Gasteiger partial charge in [-0.05, 0) is 18.2 Å². The number of hydrogen-bond acceptors (Lipinski definition) is 10. The molecule has 1 aliphatic rings. The predicted molar refractivity (Wildman–Crippen MR) is 130 cm³/mol. The molecule has 1 unspecified atom stereocenters. The van der Waals surface area contributed by atoms with E-state index >= 15 is 0 Å². The molecule has 0 spiro atoms. The maximum Gasteiger partial charge on any atom is 0.266 e. The van der Waals surface area contributed by atoms with Crippen LogP contribution in [-0.2, 0) is 30.9 Å². The van der Waals surface area contributed by atoms with E-state index in [-0.39, 0.29) is 28.9 Å². The van der Waals surface area contributed by atoms with Crippen molar-refractivity contribution in [3.05, 3.63) is 59.1 Å². The van der Waals surface area contributed by atoms with E-state index in [0.29, 0.717) is 29.0 Å². The summed E-state index contributed by atoms with van der Waals surface area (Å²) >= 11 is 1.18. The Morgan fingerprint density at radius 3 is 2.57 bits per heavy atom. The fourth-order valence-electron chi connectivity index (χ4n) is 3.67. The lowest BCUT2D eigenvalue weighted by molar-refractivity contribution is 0.143. The lowest BCUT2D eigenvalue weighted by Gasteiger charge is -2.27. The normalized spacial score (nSPS) is 15.7. The van der Waals surface area contributed by atoms with Gasteiger partial charge < -0.3 is 14.2 Å². The zero-order valence-electron chi connectivity index (χ0n) is 19.2. The molecule has 0 amide bonds. The Labute approximate surface area is 208 Å². The number of nitrogens with zero attached hydrogens (tertiary/aromatic N) is 2. The van der Waals surface area contributed by atoms with Crippen LogP contribution in [0.5, 0.6) is 17.2 Å². The molecule has 1 aliphatic heterocycles. The van der Waals surface area contributed by atoms with Crippen molar-refractivity contribution >= 4 is 36.6 Å². The molecule has 35 heavy (non-hydrogen) atoms. The third-order valence-corrected chi connectivity index (χ3v) is 8.51. The van der Waals surface area contributed by atoms with Crippen molar-refractivity contribution < 1.29 is 35.2 Å². The van der Waals surface area contributed by atoms with Gasteiger partial charge in [0.1, 0.15) is 23.4 Å². The minimum Gasteiger partial charge on any atom is -0.497 e. The van der Waals surface area contributed by atoms with E-state index in [1.54, 1.807) is 23.6 Å². The first kappa shape index (κ1) is 25.2. The highest BCUT2D eigenvalue weighted by Crippen LogP contribution is 2.38. The number of sulfonamides is 1. The van der Waals surface area contributed by atoms with E-state index in [0.717, 1.165) is 6.26 Å². The van der Waals surface area contributed by atoms with Crippen LogP contribution >= 0.6 is 11.3 Å². The highest BCUT2D eigenvalue weighted by atomic mass is 32.2. The van der Waals surface area contributed by atoms with E-state index < -0.39 is 26.2 Å². The summed E-state index contributed by atoms with van der Waals surface area (Å²) in [5.41, 5.74) is 1.08. The van der Waals surface area contributed by atoms with Crippen molar-refractivity contribution in [2.75, 3.05) is 31.4 Å². The van der Waals surface area contributed by atoms with Crippen LogP contribution in [-0.4, -0.2) is 48.9 Å². The van der Waals surface area contributed by atoms with Gasteiger partial charge in [-0.1, -0.05) is 6.07 Å². The van der Waals surface area contributed by atoms with Gasteiger partial charge >= 0.3 is 0 Å². The lowest BCUT2D eigenvalue weighted by atomic mass is 10.0. The number of hydrogen-bond donors (Lipinski definition) is 0. The van der Waals surface area contributed by atoms with Gasteiger partial charge in [0.25, 0.3) is 20.1 Å². The number of benzene rings is 2. The van der Waals surface area contributed by atoms with E-state index in [2.05, 4.69) is 4.98 Å². The molecular weight excluding hydrogens is 516 g/mol. The first-order valence-electron chi connectivity index (χ1n) is 10.4. The van der Waals surface area contributed by atoms with Crippen LogP contribution in [0, 0.1) is 0 Å². The number of rotatable bonds is 9. The molecular formula is C22H24N2O8S3. The minimum absolute atomic E-state index is 0.0288. The molecule has 13 heteroatoms. The van der Waals surface area contributed by atoms with Crippen LogP contribution in [0.4, 0.5) is 5.13 Å².